The third-order valence-corrected chi connectivity index (χ3v) is 3.34. The molecule has 4 heteroatoms. The molecule has 0 bridgehead atoms. The van der Waals surface area contributed by atoms with Crippen molar-refractivity contribution in [3.8, 4) is 0 Å². The first-order chi connectivity index (χ1) is 4.66. The van der Waals surface area contributed by atoms with Crippen LogP contribution in [0.2, 0.25) is 0 Å². The zero-order valence-corrected chi connectivity index (χ0v) is 7.80. The molecule has 0 aromatic carbocycles. The van der Waals surface area contributed by atoms with Crippen LogP contribution in [-0.4, -0.2) is 22.6 Å². The van der Waals surface area contributed by atoms with E-state index in [-0.39, 0.29) is 6.42 Å². The van der Waals surface area contributed by atoms with Crippen LogP contribution in [0.4, 0.5) is 0 Å². The van der Waals surface area contributed by atoms with Gasteiger partial charge in [0.25, 0.3) is 0 Å². The molecule has 0 aromatic heterocycles. The predicted molar refractivity (Wildman–Crippen MR) is 47.4 cm³/mol. The highest BCUT2D eigenvalue weighted by molar-refractivity contribution is 8.76. The molecule has 0 amide bonds. The molecule has 0 aliphatic heterocycles. The summed E-state index contributed by atoms with van der Waals surface area (Å²) in [5.41, 5.74) is 0. The van der Waals surface area contributed by atoms with Gasteiger partial charge in [-0.3, -0.25) is 4.79 Å². The van der Waals surface area contributed by atoms with Gasteiger partial charge in [0.2, 0.25) is 0 Å². The van der Waals surface area contributed by atoms with Crippen molar-refractivity contribution in [2.45, 2.75) is 25.0 Å². The average molecular weight is 180 g/mol. The van der Waals surface area contributed by atoms with Gasteiger partial charge >= 0.3 is 5.97 Å². The summed E-state index contributed by atoms with van der Waals surface area (Å²) >= 11 is 0. The van der Waals surface area contributed by atoms with E-state index in [1.54, 1.807) is 21.6 Å². The lowest BCUT2D eigenvalue weighted by molar-refractivity contribution is -0.137. The van der Waals surface area contributed by atoms with E-state index in [9.17, 15) is 4.79 Å². The number of hydrogen-bond acceptors (Lipinski definition) is 3. The maximum atomic E-state index is 10.1. The van der Waals surface area contributed by atoms with Crippen molar-refractivity contribution in [2.24, 2.45) is 0 Å². The molecule has 0 aromatic rings. The smallest absolute Gasteiger partial charge is 0.303 e. The van der Waals surface area contributed by atoms with E-state index in [1.165, 1.54) is 0 Å². The van der Waals surface area contributed by atoms with E-state index in [2.05, 4.69) is 0 Å². The van der Waals surface area contributed by atoms with E-state index < -0.39 is 5.97 Å². The summed E-state index contributed by atoms with van der Waals surface area (Å²) in [6.07, 6.45) is 3.05. The molecule has 0 radical (unpaired) electrons. The Labute approximate surface area is 69.2 Å². The van der Waals surface area contributed by atoms with Gasteiger partial charge < -0.3 is 5.11 Å². The third kappa shape index (κ3) is 6.29. The van der Waals surface area contributed by atoms with Gasteiger partial charge in [-0.2, -0.15) is 0 Å². The summed E-state index contributed by atoms with van der Waals surface area (Å²) < 4.78 is 0. The molecule has 0 heterocycles. The van der Waals surface area contributed by atoms with Crippen LogP contribution < -0.4 is 0 Å². The van der Waals surface area contributed by atoms with E-state index in [4.69, 9.17) is 5.11 Å². The lowest BCUT2D eigenvalue weighted by Gasteiger charge is -2.05. The number of carboxylic acid groups (broad SMARTS) is 1. The SMILES string of the molecule is CSSC(C)CCC(=O)O. The predicted octanol–water partition coefficient (Wildman–Crippen LogP) is 2.25. The van der Waals surface area contributed by atoms with Gasteiger partial charge in [0.05, 0.1) is 0 Å². The Kier molecular flexibility index (Phi) is 6.02. The van der Waals surface area contributed by atoms with Gasteiger partial charge in [0.15, 0.2) is 0 Å². The highest BCUT2D eigenvalue weighted by atomic mass is 33.1. The second-order valence-electron chi connectivity index (χ2n) is 2.01. The first-order valence-corrected chi connectivity index (χ1v) is 5.70. The maximum Gasteiger partial charge on any atom is 0.303 e. The summed E-state index contributed by atoms with van der Waals surface area (Å²) in [6.45, 7) is 2.05. The fourth-order valence-corrected chi connectivity index (χ4v) is 2.36. The second kappa shape index (κ2) is 5.92. The number of hydrogen-bond donors (Lipinski definition) is 1. The van der Waals surface area contributed by atoms with Gasteiger partial charge in [-0.1, -0.05) is 28.5 Å². The van der Waals surface area contributed by atoms with Gasteiger partial charge in [0, 0.05) is 11.7 Å². The normalized spacial score (nSPS) is 13.0. The van der Waals surface area contributed by atoms with E-state index >= 15 is 0 Å². The lowest BCUT2D eigenvalue weighted by Crippen LogP contribution is -2.00. The molecule has 60 valence electrons. The molecule has 10 heavy (non-hydrogen) atoms. The van der Waals surface area contributed by atoms with Crippen molar-refractivity contribution in [3.05, 3.63) is 0 Å². The monoisotopic (exact) mass is 180 g/mol. The highest BCUT2D eigenvalue weighted by Crippen LogP contribution is 2.25. The van der Waals surface area contributed by atoms with Crippen LogP contribution in [0.5, 0.6) is 0 Å². The molecule has 0 fully saturated rings. The van der Waals surface area contributed by atoms with Crippen LogP contribution in [0.15, 0.2) is 0 Å². The number of aliphatic carboxylic acids is 1. The van der Waals surface area contributed by atoms with Crippen LogP contribution in [0.25, 0.3) is 0 Å². The lowest BCUT2D eigenvalue weighted by atomic mass is 10.2. The van der Waals surface area contributed by atoms with Crippen molar-refractivity contribution in [1.29, 1.82) is 0 Å². The minimum absolute atomic E-state index is 0.286. The minimum atomic E-state index is -0.700. The van der Waals surface area contributed by atoms with E-state index in [1.807, 2.05) is 13.2 Å². The second-order valence-corrected chi connectivity index (χ2v) is 4.91. The first kappa shape index (κ1) is 10.2. The van der Waals surface area contributed by atoms with Crippen LogP contribution in [-0.2, 0) is 4.79 Å². The van der Waals surface area contributed by atoms with Crippen LogP contribution >= 0.6 is 21.6 Å². The molecule has 0 aliphatic rings. The Balaban J connectivity index is 3.21. The van der Waals surface area contributed by atoms with Gasteiger partial charge in [-0.05, 0) is 12.7 Å². The Morgan fingerprint density at radius 1 is 1.70 bits per heavy atom. The third-order valence-electron chi connectivity index (χ3n) is 1.03. The van der Waals surface area contributed by atoms with Gasteiger partial charge in [-0.25, -0.2) is 0 Å². The van der Waals surface area contributed by atoms with Crippen LogP contribution in [0, 0.1) is 0 Å². The topological polar surface area (TPSA) is 37.3 Å². The van der Waals surface area contributed by atoms with Crippen LogP contribution in [0.1, 0.15) is 19.8 Å². The zero-order chi connectivity index (χ0) is 7.98. The number of carboxylic acids is 1. The Hall–Kier alpha value is 0.170. The Bertz CT molecular complexity index is 106. The summed E-state index contributed by atoms with van der Waals surface area (Å²) in [6, 6.07) is 0. The molecule has 0 saturated heterocycles. The van der Waals surface area contributed by atoms with Gasteiger partial charge in [-0.15, -0.1) is 0 Å². The standard InChI is InChI=1S/C6H12O2S2/c1-5(10-9-2)3-4-6(7)8/h5H,3-4H2,1-2H3,(H,7,8). The molecular weight excluding hydrogens is 168 g/mol. The van der Waals surface area contributed by atoms with Crippen molar-refractivity contribution in [1.82, 2.24) is 0 Å². The molecule has 0 spiro atoms. The molecule has 0 rings (SSSR count). The van der Waals surface area contributed by atoms with E-state index in [0.717, 1.165) is 6.42 Å². The quantitative estimate of drug-likeness (QED) is 0.658. The summed E-state index contributed by atoms with van der Waals surface area (Å²) in [7, 11) is 3.41. The molecule has 1 N–H and O–H groups in total. The highest BCUT2D eigenvalue weighted by Gasteiger charge is 2.04. The summed E-state index contributed by atoms with van der Waals surface area (Å²) in [5, 5.41) is 8.76. The van der Waals surface area contributed by atoms with E-state index in [0.29, 0.717) is 5.25 Å². The minimum Gasteiger partial charge on any atom is -0.481 e. The van der Waals surface area contributed by atoms with Crippen LogP contribution in [0.3, 0.4) is 0 Å². The zero-order valence-electron chi connectivity index (χ0n) is 6.16. The Morgan fingerprint density at radius 2 is 2.30 bits per heavy atom. The summed E-state index contributed by atoms with van der Waals surface area (Å²) in [5.74, 6) is -0.700. The van der Waals surface area contributed by atoms with Crippen molar-refractivity contribution in [3.63, 3.8) is 0 Å². The molecular formula is C6H12O2S2. The Morgan fingerprint density at radius 3 is 2.70 bits per heavy atom. The molecule has 1 unspecified atom stereocenters. The fraction of sp³-hybridized carbons (Fsp3) is 0.833. The van der Waals surface area contributed by atoms with Gasteiger partial charge in [0.1, 0.15) is 0 Å². The largest absolute Gasteiger partial charge is 0.481 e. The van der Waals surface area contributed by atoms with Crippen molar-refractivity contribution in [2.75, 3.05) is 6.26 Å². The van der Waals surface area contributed by atoms with Crippen molar-refractivity contribution < 1.29 is 9.90 Å². The number of rotatable bonds is 5. The molecule has 2 nitrogen and oxygen atoms in total. The fourth-order valence-electron chi connectivity index (χ4n) is 0.539. The maximum absolute atomic E-state index is 10.1. The first-order valence-electron chi connectivity index (χ1n) is 3.08. The average Bonchev–Trinajstić information content (AvgIpc) is 1.85. The molecule has 0 aliphatic carbocycles. The molecule has 1 atom stereocenters. The summed E-state index contributed by atoms with van der Waals surface area (Å²) in [4.78, 5) is 10.1. The molecule has 0 saturated carbocycles. The van der Waals surface area contributed by atoms with Crippen molar-refractivity contribution >= 4 is 27.6 Å². The number of carbonyl (C=O) groups is 1.